The van der Waals surface area contributed by atoms with Crippen LogP contribution in [0.25, 0.3) is 0 Å². The zero-order valence-electron chi connectivity index (χ0n) is 10.4. The van der Waals surface area contributed by atoms with Crippen LogP contribution < -0.4 is 5.32 Å². The second kappa shape index (κ2) is 5.47. The van der Waals surface area contributed by atoms with Crippen LogP contribution in [0.4, 0.5) is 0 Å². The second-order valence-electron chi connectivity index (χ2n) is 4.67. The molecule has 4 heteroatoms. The van der Waals surface area contributed by atoms with Crippen molar-refractivity contribution < 1.29 is 9.84 Å². The zero-order valence-corrected chi connectivity index (χ0v) is 10.4. The Kier molecular flexibility index (Phi) is 3.97. The summed E-state index contributed by atoms with van der Waals surface area (Å²) in [5, 5.41) is 13.0. The summed E-state index contributed by atoms with van der Waals surface area (Å²) in [5.74, 6) is 0.834. The number of aromatic nitrogens is 1. The van der Waals surface area contributed by atoms with Gasteiger partial charge in [-0.05, 0) is 38.3 Å². The summed E-state index contributed by atoms with van der Waals surface area (Å²) in [6, 6.07) is 3.51. The molecule has 1 aromatic rings. The van der Waals surface area contributed by atoms with Gasteiger partial charge in [0, 0.05) is 25.4 Å². The lowest BCUT2D eigenvalue weighted by Gasteiger charge is -2.14. The van der Waals surface area contributed by atoms with Gasteiger partial charge in [0.25, 0.3) is 0 Å². The Morgan fingerprint density at radius 1 is 1.53 bits per heavy atom. The predicted octanol–water partition coefficient (Wildman–Crippen LogP) is 1.61. The summed E-state index contributed by atoms with van der Waals surface area (Å²) in [4.78, 5) is 4.31. The van der Waals surface area contributed by atoms with Gasteiger partial charge in [-0.25, -0.2) is 0 Å². The standard InChI is InChI=1S/C13H20N2O2/c1-9-3-4-13(16)12(15-9)8-14-7-11-5-6-17-10(11)2/h3-4,10-11,14,16H,5-8H2,1-2H3. The fraction of sp³-hybridized carbons (Fsp3) is 0.615. The van der Waals surface area contributed by atoms with Crippen LogP contribution in [0.2, 0.25) is 0 Å². The zero-order chi connectivity index (χ0) is 12.3. The number of hydrogen-bond acceptors (Lipinski definition) is 4. The van der Waals surface area contributed by atoms with E-state index in [0.717, 1.165) is 31.0 Å². The summed E-state index contributed by atoms with van der Waals surface area (Å²) in [6.07, 6.45) is 1.45. The molecule has 1 aliphatic rings. The number of pyridine rings is 1. The third-order valence-electron chi connectivity index (χ3n) is 3.32. The Bertz CT molecular complexity index is 382. The Balaban J connectivity index is 1.83. The molecule has 2 rings (SSSR count). The monoisotopic (exact) mass is 236 g/mol. The van der Waals surface area contributed by atoms with Crippen molar-refractivity contribution in [1.82, 2.24) is 10.3 Å². The van der Waals surface area contributed by atoms with Crippen molar-refractivity contribution >= 4 is 0 Å². The molecule has 1 aromatic heterocycles. The highest BCUT2D eigenvalue weighted by Gasteiger charge is 2.23. The van der Waals surface area contributed by atoms with Gasteiger partial charge in [0.2, 0.25) is 0 Å². The average Bonchev–Trinajstić information content (AvgIpc) is 2.70. The van der Waals surface area contributed by atoms with Crippen molar-refractivity contribution in [2.45, 2.75) is 32.9 Å². The van der Waals surface area contributed by atoms with Crippen molar-refractivity contribution in [2.75, 3.05) is 13.2 Å². The molecule has 4 nitrogen and oxygen atoms in total. The van der Waals surface area contributed by atoms with E-state index in [0.29, 0.717) is 18.6 Å². The number of aryl methyl sites for hydroxylation is 1. The van der Waals surface area contributed by atoms with Crippen LogP contribution in [0.5, 0.6) is 5.75 Å². The Morgan fingerprint density at radius 3 is 3.06 bits per heavy atom. The van der Waals surface area contributed by atoms with Gasteiger partial charge in [-0.3, -0.25) is 4.98 Å². The van der Waals surface area contributed by atoms with E-state index in [-0.39, 0.29) is 5.75 Å². The number of rotatable bonds is 4. The summed E-state index contributed by atoms with van der Waals surface area (Å²) >= 11 is 0. The average molecular weight is 236 g/mol. The lowest BCUT2D eigenvalue weighted by atomic mass is 10.0. The van der Waals surface area contributed by atoms with E-state index in [2.05, 4.69) is 17.2 Å². The molecule has 2 N–H and O–H groups in total. The largest absolute Gasteiger partial charge is 0.506 e. The second-order valence-corrected chi connectivity index (χ2v) is 4.67. The van der Waals surface area contributed by atoms with Crippen LogP contribution in [-0.2, 0) is 11.3 Å². The van der Waals surface area contributed by atoms with Crippen LogP contribution in [-0.4, -0.2) is 29.3 Å². The molecule has 1 fully saturated rings. The van der Waals surface area contributed by atoms with Gasteiger partial charge in [0.15, 0.2) is 0 Å². The maximum atomic E-state index is 9.65. The van der Waals surface area contributed by atoms with E-state index in [4.69, 9.17) is 4.74 Å². The van der Waals surface area contributed by atoms with Gasteiger partial charge >= 0.3 is 0 Å². The van der Waals surface area contributed by atoms with Gasteiger partial charge in [-0.15, -0.1) is 0 Å². The highest BCUT2D eigenvalue weighted by Crippen LogP contribution is 2.20. The van der Waals surface area contributed by atoms with Crippen molar-refractivity contribution in [2.24, 2.45) is 5.92 Å². The normalized spacial score (nSPS) is 24.1. The molecule has 0 bridgehead atoms. The number of aromatic hydroxyl groups is 1. The van der Waals surface area contributed by atoms with Crippen LogP contribution in [0.15, 0.2) is 12.1 Å². The molecule has 0 radical (unpaired) electrons. The van der Waals surface area contributed by atoms with Gasteiger partial charge in [-0.1, -0.05) is 0 Å². The van der Waals surface area contributed by atoms with E-state index in [1.807, 2.05) is 13.0 Å². The molecule has 0 saturated carbocycles. The molecule has 2 unspecified atom stereocenters. The molecular formula is C13H20N2O2. The SMILES string of the molecule is Cc1ccc(O)c(CNCC2CCOC2C)n1. The maximum absolute atomic E-state index is 9.65. The number of hydrogen-bond donors (Lipinski definition) is 2. The lowest BCUT2D eigenvalue weighted by molar-refractivity contribution is 0.105. The van der Waals surface area contributed by atoms with E-state index in [1.54, 1.807) is 6.07 Å². The van der Waals surface area contributed by atoms with Crippen molar-refractivity contribution in [3.05, 3.63) is 23.5 Å². The Hall–Kier alpha value is -1.13. The highest BCUT2D eigenvalue weighted by molar-refractivity contribution is 5.27. The minimum Gasteiger partial charge on any atom is -0.506 e. The van der Waals surface area contributed by atoms with E-state index < -0.39 is 0 Å². The van der Waals surface area contributed by atoms with E-state index in [9.17, 15) is 5.11 Å². The van der Waals surface area contributed by atoms with Crippen LogP contribution in [0, 0.1) is 12.8 Å². The lowest BCUT2D eigenvalue weighted by Crippen LogP contribution is -2.27. The molecule has 2 heterocycles. The first-order valence-electron chi connectivity index (χ1n) is 6.14. The van der Waals surface area contributed by atoms with Crippen LogP contribution >= 0.6 is 0 Å². The Labute approximate surface area is 102 Å². The number of nitrogens with one attached hydrogen (secondary N) is 1. The summed E-state index contributed by atoms with van der Waals surface area (Å²) < 4.78 is 5.51. The summed E-state index contributed by atoms with van der Waals surface area (Å²) in [7, 11) is 0. The first kappa shape index (κ1) is 12.3. The Morgan fingerprint density at radius 2 is 2.35 bits per heavy atom. The number of nitrogens with zero attached hydrogens (tertiary/aromatic N) is 1. The molecule has 94 valence electrons. The van der Waals surface area contributed by atoms with Crippen molar-refractivity contribution in [1.29, 1.82) is 0 Å². The molecule has 0 spiro atoms. The van der Waals surface area contributed by atoms with Crippen molar-refractivity contribution in [3.8, 4) is 5.75 Å². The van der Waals surface area contributed by atoms with Crippen molar-refractivity contribution in [3.63, 3.8) is 0 Å². The molecule has 1 saturated heterocycles. The first-order valence-corrected chi connectivity index (χ1v) is 6.14. The third kappa shape index (κ3) is 3.17. The minimum absolute atomic E-state index is 0.263. The quantitative estimate of drug-likeness (QED) is 0.834. The molecule has 17 heavy (non-hydrogen) atoms. The van der Waals surface area contributed by atoms with Crippen LogP contribution in [0.3, 0.4) is 0 Å². The molecule has 0 aliphatic carbocycles. The van der Waals surface area contributed by atoms with Gasteiger partial charge in [0.05, 0.1) is 11.8 Å². The van der Waals surface area contributed by atoms with E-state index in [1.165, 1.54) is 0 Å². The van der Waals surface area contributed by atoms with E-state index >= 15 is 0 Å². The van der Waals surface area contributed by atoms with Gasteiger partial charge < -0.3 is 15.2 Å². The molecule has 2 atom stereocenters. The predicted molar refractivity (Wildman–Crippen MR) is 65.9 cm³/mol. The van der Waals surface area contributed by atoms with Gasteiger partial charge in [0.1, 0.15) is 5.75 Å². The smallest absolute Gasteiger partial charge is 0.138 e. The minimum atomic E-state index is 0.263. The highest BCUT2D eigenvalue weighted by atomic mass is 16.5. The summed E-state index contributed by atoms with van der Waals surface area (Å²) in [5.41, 5.74) is 1.65. The molecule has 1 aliphatic heterocycles. The fourth-order valence-corrected chi connectivity index (χ4v) is 2.15. The van der Waals surface area contributed by atoms with Crippen LogP contribution in [0.1, 0.15) is 24.7 Å². The summed E-state index contributed by atoms with van der Waals surface area (Å²) in [6.45, 7) is 6.42. The molecule has 0 aromatic carbocycles. The topological polar surface area (TPSA) is 54.4 Å². The number of ether oxygens (including phenoxy) is 1. The fourth-order valence-electron chi connectivity index (χ4n) is 2.15. The molecule has 0 amide bonds. The maximum Gasteiger partial charge on any atom is 0.138 e. The first-order chi connectivity index (χ1) is 8.16. The molecular weight excluding hydrogens is 216 g/mol. The van der Waals surface area contributed by atoms with Gasteiger partial charge in [-0.2, -0.15) is 0 Å². The third-order valence-corrected chi connectivity index (χ3v) is 3.32.